The largest absolute Gasteiger partial charge is 0.462 e. The van der Waals surface area contributed by atoms with E-state index in [1.165, 1.54) is 257 Å². The summed E-state index contributed by atoms with van der Waals surface area (Å²) in [5.74, 6) is -0.872. The molecule has 0 amide bonds. The zero-order valence-electron chi connectivity index (χ0n) is 50.6. The molecule has 6 heteroatoms. The summed E-state index contributed by atoms with van der Waals surface area (Å²) in [5, 5.41) is 0. The Kier molecular flexibility index (Phi) is 62.1. The lowest BCUT2D eigenvalue weighted by molar-refractivity contribution is -0.167. The topological polar surface area (TPSA) is 78.9 Å². The van der Waals surface area contributed by atoms with Gasteiger partial charge in [-0.2, -0.15) is 0 Å². The van der Waals surface area contributed by atoms with Crippen molar-refractivity contribution < 1.29 is 28.6 Å². The number of carbonyl (C=O) groups excluding carboxylic acids is 3. The molecule has 6 nitrogen and oxygen atoms in total. The van der Waals surface area contributed by atoms with E-state index in [0.717, 1.165) is 70.6 Å². The Hall–Kier alpha value is -2.37. The molecule has 0 aliphatic heterocycles. The Bertz CT molecular complexity index is 1250. The summed E-state index contributed by atoms with van der Waals surface area (Å²) >= 11 is 0. The van der Waals surface area contributed by atoms with Gasteiger partial charge in [-0.3, -0.25) is 14.4 Å². The zero-order chi connectivity index (χ0) is 54.3. The molecule has 0 spiro atoms. The third-order valence-electron chi connectivity index (χ3n) is 15.1. The maximum absolute atomic E-state index is 12.9. The first kappa shape index (κ1) is 72.6. The van der Waals surface area contributed by atoms with Crippen molar-refractivity contribution in [2.45, 2.75) is 374 Å². The van der Waals surface area contributed by atoms with Gasteiger partial charge in [0.1, 0.15) is 13.2 Å². The molecule has 0 aliphatic carbocycles. The number of carbonyl (C=O) groups is 3. The predicted molar refractivity (Wildman–Crippen MR) is 326 cm³/mol. The summed E-state index contributed by atoms with van der Waals surface area (Å²) in [5.41, 5.74) is 0. The van der Waals surface area contributed by atoms with Crippen LogP contribution in [0.3, 0.4) is 0 Å². The lowest BCUT2D eigenvalue weighted by Gasteiger charge is -2.18. The first-order valence-electron chi connectivity index (χ1n) is 33.5. The fourth-order valence-corrected chi connectivity index (χ4v) is 10.0. The molecule has 0 aromatic heterocycles. The molecule has 1 atom stereocenters. The van der Waals surface area contributed by atoms with Crippen molar-refractivity contribution >= 4 is 17.9 Å². The third kappa shape index (κ3) is 62.4. The van der Waals surface area contributed by atoms with E-state index in [2.05, 4.69) is 57.2 Å². The second kappa shape index (κ2) is 64.2. The normalized spacial score (nSPS) is 12.2. The Morgan fingerprint density at radius 2 is 0.440 bits per heavy atom. The van der Waals surface area contributed by atoms with Crippen LogP contribution in [0.5, 0.6) is 0 Å². The predicted octanol–water partition coefficient (Wildman–Crippen LogP) is 22.8. The van der Waals surface area contributed by atoms with Crippen LogP contribution in [0.1, 0.15) is 367 Å². The molecule has 0 aliphatic rings. The van der Waals surface area contributed by atoms with Gasteiger partial charge in [0.15, 0.2) is 6.10 Å². The van der Waals surface area contributed by atoms with Crippen LogP contribution in [-0.4, -0.2) is 37.2 Å². The van der Waals surface area contributed by atoms with Gasteiger partial charge in [0, 0.05) is 19.3 Å². The summed E-state index contributed by atoms with van der Waals surface area (Å²) < 4.78 is 16.9. The summed E-state index contributed by atoms with van der Waals surface area (Å²) in [6.45, 7) is 6.64. The van der Waals surface area contributed by atoms with E-state index in [4.69, 9.17) is 14.2 Å². The maximum Gasteiger partial charge on any atom is 0.306 e. The highest BCUT2D eigenvalue weighted by Crippen LogP contribution is 2.18. The Morgan fingerprint density at radius 1 is 0.253 bits per heavy atom. The average molecular weight is 1050 g/mol. The number of esters is 3. The smallest absolute Gasteiger partial charge is 0.306 e. The van der Waals surface area contributed by atoms with Gasteiger partial charge >= 0.3 is 17.9 Å². The molecule has 0 bridgehead atoms. The molecule has 0 rings (SSSR count). The standard InChI is InChI=1S/C69H128O6/c1-4-7-10-13-16-19-22-25-27-28-29-30-31-32-33-34-35-36-37-38-39-40-41-42-43-45-47-50-53-56-59-62-68(71)74-65-66(64-73-67(70)61-58-55-52-49-46-24-21-18-15-12-9-6-3)75-69(72)63-60-57-54-51-48-44-26-23-20-17-14-11-8-5-2/h18,21,23,26,28-29,66H,4-17,19-20,22,24-25,27,30-65H2,1-3H3/b21-18-,26-23-,29-28-. The number of hydrogen-bond donors (Lipinski definition) is 0. The second-order valence-electron chi connectivity index (χ2n) is 22.7. The highest BCUT2D eigenvalue weighted by atomic mass is 16.6. The van der Waals surface area contributed by atoms with E-state index in [-0.39, 0.29) is 31.1 Å². The molecular weight excluding hydrogens is 925 g/mol. The molecule has 75 heavy (non-hydrogen) atoms. The van der Waals surface area contributed by atoms with Crippen LogP contribution in [0.4, 0.5) is 0 Å². The maximum atomic E-state index is 12.9. The van der Waals surface area contributed by atoms with Crippen LogP contribution in [0.25, 0.3) is 0 Å². The second-order valence-corrected chi connectivity index (χ2v) is 22.7. The molecule has 440 valence electrons. The summed E-state index contributed by atoms with van der Waals surface area (Å²) in [7, 11) is 0. The SMILES string of the molecule is CCCCC/C=C\CCCCCCCC(=O)OCC(COC(=O)CCCCCCCCCCCCCCCCCCCCC/C=C\CCCCCCCCCC)OC(=O)CCCCCCC/C=C\CCCCCCC. The van der Waals surface area contributed by atoms with Crippen LogP contribution < -0.4 is 0 Å². The van der Waals surface area contributed by atoms with E-state index >= 15 is 0 Å². The van der Waals surface area contributed by atoms with Gasteiger partial charge in [0.05, 0.1) is 0 Å². The molecule has 0 aromatic carbocycles. The van der Waals surface area contributed by atoms with Gasteiger partial charge in [-0.05, 0) is 96.3 Å². The molecule has 0 N–H and O–H groups in total. The molecule has 1 unspecified atom stereocenters. The van der Waals surface area contributed by atoms with E-state index in [0.29, 0.717) is 19.3 Å². The highest BCUT2D eigenvalue weighted by molar-refractivity contribution is 5.71. The van der Waals surface area contributed by atoms with Crippen molar-refractivity contribution in [3.63, 3.8) is 0 Å². The van der Waals surface area contributed by atoms with Crippen LogP contribution in [0.2, 0.25) is 0 Å². The number of rotatable bonds is 62. The summed E-state index contributed by atoms with van der Waals surface area (Å²) in [6, 6.07) is 0. The van der Waals surface area contributed by atoms with Crippen LogP contribution >= 0.6 is 0 Å². The van der Waals surface area contributed by atoms with Crippen molar-refractivity contribution in [2.75, 3.05) is 13.2 Å². The summed E-state index contributed by atoms with van der Waals surface area (Å²) in [6.07, 6.45) is 79.0. The third-order valence-corrected chi connectivity index (χ3v) is 15.1. The first-order valence-corrected chi connectivity index (χ1v) is 33.5. The quantitative estimate of drug-likeness (QED) is 0.0261. The monoisotopic (exact) mass is 1050 g/mol. The Morgan fingerprint density at radius 3 is 0.693 bits per heavy atom. The molecule has 0 saturated carbocycles. The van der Waals surface area contributed by atoms with Crippen LogP contribution in [-0.2, 0) is 28.6 Å². The number of unbranched alkanes of at least 4 members (excludes halogenated alkanes) is 45. The fourth-order valence-electron chi connectivity index (χ4n) is 10.0. The molecule has 0 fully saturated rings. The lowest BCUT2D eigenvalue weighted by atomic mass is 10.0. The first-order chi connectivity index (χ1) is 37.0. The van der Waals surface area contributed by atoms with Gasteiger partial charge < -0.3 is 14.2 Å². The Labute approximate surface area is 467 Å². The minimum Gasteiger partial charge on any atom is -0.462 e. The number of hydrogen-bond acceptors (Lipinski definition) is 6. The number of ether oxygens (including phenoxy) is 3. The number of allylic oxidation sites excluding steroid dienone is 6. The average Bonchev–Trinajstić information content (AvgIpc) is 3.41. The van der Waals surface area contributed by atoms with Crippen molar-refractivity contribution in [3.8, 4) is 0 Å². The molecule has 0 radical (unpaired) electrons. The van der Waals surface area contributed by atoms with Crippen LogP contribution in [0.15, 0.2) is 36.5 Å². The van der Waals surface area contributed by atoms with Crippen LogP contribution in [0, 0.1) is 0 Å². The van der Waals surface area contributed by atoms with Crippen molar-refractivity contribution in [1.82, 2.24) is 0 Å². The fraction of sp³-hybridized carbons (Fsp3) is 0.870. The van der Waals surface area contributed by atoms with Gasteiger partial charge in [0.2, 0.25) is 0 Å². The van der Waals surface area contributed by atoms with Crippen molar-refractivity contribution in [3.05, 3.63) is 36.5 Å². The minimum atomic E-state index is -0.777. The molecule has 0 heterocycles. The molecule has 0 aromatic rings. The van der Waals surface area contributed by atoms with Gasteiger partial charge in [-0.15, -0.1) is 0 Å². The van der Waals surface area contributed by atoms with Gasteiger partial charge in [0.25, 0.3) is 0 Å². The van der Waals surface area contributed by atoms with E-state index in [1.807, 2.05) is 0 Å². The highest BCUT2D eigenvalue weighted by Gasteiger charge is 2.19. The van der Waals surface area contributed by atoms with Gasteiger partial charge in [-0.1, -0.05) is 288 Å². The van der Waals surface area contributed by atoms with Crippen molar-refractivity contribution in [2.24, 2.45) is 0 Å². The van der Waals surface area contributed by atoms with E-state index in [9.17, 15) is 14.4 Å². The zero-order valence-corrected chi connectivity index (χ0v) is 50.6. The summed E-state index contributed by atoms with van der Waals surface area (Å²) in [4.78, 5) is 38.2. The minimum absolute atomic E-state index is 0.0742. The van der Waals surface area contributed by atoms with Gasteiger partial charge in [-0.25, -0.2) is 0 Å². The van der Waals surface area contributed by atoms with E-state index in [1.54, 1.807) is 0 Å². The van der Waals surface area contributed by atoms with Crippen molar-refractivity contribution in [1.29, 1.82) is 0 Å². The molecule has 0 saturated heterocycles. The molecular formula is C69H128O6. The Balaban J connectivity index is 4.09. The lowest BCUT2D eigenvalue weighted by Crippen LogP contribution is -2.30. The van der Waals surface area contributed by atoms with E-state index < -0.39 is 6.10 Å².